The van der Waals surface area contributed by atoms with Gasteiger partial charge in [-0.3, -0.25) is 9.59 Å². The summed E-state index contributed by atoms with van der Waals surface area (Å²) in [4.78, 5) is 28.3. The van der Waals surface area contributed by atoms with Gasteiger partial charge in [0.1, 0.15) is 5.69 Å². The van der Waals surface area contributed by atoms with Crippen molar-refractivity contribution < 1.29 is 9.59 Å². The van der Waals surface area contributed by atoms with Crippen LogP contribution in [0.5, 0.6) is 0 Å². The Morgan fingerprint density at radius 1 is 1.33 bits per heavy atom. The van der Waals surface area contributed by atoms with E-state index in [-0.39, 0.29) is 11.8 Å². The molecular formula is C17H17BrN4O2. The van der Waals surface area contributed by atoms with Crippen molar-refractivity contribution in [2.24, 2.45) is 5.10 Å². The van der Waals surface area contributed by atoms with Gasteiger partial charge in [-0.2, -0.15) is 5.10 Å². The summed E-state index contributed by atoms with van der Waals surface area (Å²) in [5.41, 5.74) is 5.42. The van der Waals surface area contributed by atoms with Crippen molar-refractivity contribution >= 4 is 39.1 Å². The van der Waals surface area contributed by atoms with Crippen molar-refractivity contribution in [2.75, 3.05) is 11.4 Å². The molecule has 0 aliphatic carbocycles. The third-order valence-corrected chi connectivity index (χ3v) is 4.35. The Hall–Kier alpha value is -2.41. The fourth-order valence-electron chi connectivity index (χ4n) is 2.56. The lowest BCUT2D eigenvalue weighted by Gasteiger charge is -2.15. The van der Waals surface area contributed by atoms with Crippen LogP contribution in [-0.2, 0) is 4.79 Å². The summed E-state index contributed by atoms with van der Waals surface area (Å²) in [6.45, 7) is 2.59. The zero-order valence-corrected chi connectivity index (χ0v) is 14.8. The quantitative estimate of drug-likeness (QED) is 0.623. The second-order valence-electron chi connectivity index (χ2n) is 5.57. The van der Waals surface area contributed by atoms with Gasteiger partial charge in [0.15, 0.2) is 0 Å². The number of amides is 2. The molecule has 24 heavy (non-hydrogen) atoms. The molecule has 2 N–H and O–H groups in total. The summed E-state index contributed by atoms with van der Waals surface area (Å²) < 4.78 is 0.806. The van der Waals surface area contributed by atoms with Crippen LogP contribution in [0.25, 0.3) is 0 Å². The number of H-pyrrole nitrogens is 1. The smallest absolute Gasteiger partial charge is 0.287 e. The topological polar surface area (TPSA) is 77.6 Å². The van der Waals surface area contributed by atoms with E-state index in [9.17, 15) is 9.59 Å². The monoisotopic (exact) mass is 388 g/mol. The summed E-state index contributed by atoms with van der Waals surface area (Å²) in [5.74, 6) is -0.142. The lowest BCUT2D eigenvalue weighted by molar-refractivity contribution is -0.117. The van der Waals surface area contributed by atoms with Crippen LogP contribution in [0.4, 0.5) is 5.69 Å². The number of aromatic nitrogens is 1. The number of anilines is 1. The predicted octanol–water partition coefficient (Wildman–Crippen LogP) is 3.06. The number of aromatic amines is 1. The summed E-state index contributed by atoms with van der Waals surface area (Å²) in [6, 6.07) is 9.29. The highest BCUT2D eigenvalue weighted by Gasteiger charge is 2.21. The Kier molecular flexibility index (Phi) is 4.80. The van der Waals surface area contributed by atoms with Gasteiger partial charge in [-0.1, -0.05) is 12.1 Å². The van der Waals surface area contributed by atoms with E-state index in [1.807, 2.05) is 31.2 Å². The molecule has 1 saturated heterocycles. The van der Waals surface area contributed by atoms with Gasteiger partial charge in [0.25, 0.3) is 5.91 Å². The normalized spacial score (nSPS) is 15.0. The molecule has 0 spiro atoms. The number of hydrogen-bond donors (Lipinski definition) is 2. The fraction of sp³-hybridized carbons (Fsp3) is 0.235. The number of carbonyl (C=O) groups is 2. The molecular weight excluding hydrogens is 372 g/mol. The molecule has 0 atom stereocenters. The number of nitrogens with one attached hydrogen (secondary N) is 2. The first-order valence-corrected chi connectivity index (χ1v) is 8.43. The SMILES string of the molecule is C/C(=N/NC(=O)c1cc(Br)c[nH]1)c1ccc(N2CCCC2=O)cc1. The first kappa shape index (κ1) is 16.4. The highest BCUT2D eigenvalue weighted by atomic mass is 79.9. The molecule has 0 radical (unpaired) electrons. The predicted molar refractivity (Wildman–Crippen MR) is 96.2 cm³/mol. The van der Waals surface area contributed by atoms with E-state index in [1.54, 1.807) is 17.2 Å². The van der Waals surface area contributed by atoms with Crippen molar-refractivity contribution in [3.63, 3.8) is 0 Å². The molecule has 1 fully saturated rings. The minimum absolute atomic E-state index is 0.164. The largest absolute Gasteiger partial charge is 0.356 e. The van der Waals surface area contributed by atoms with E-state index in [0.29, 0.717) is 17.8 Å². The maximum atomic E-state index is 11.9. The molecule has 3 rings (SSSR count). The minimum Gasteiger partial charge on any atom is -0.356 e. The summed E-state index contributed by atoms with van der Waals surface area (Å²) in [5, 5.41) is 4.12. The third-order valence-electron chi connectivity index (χ3n) is 3.89. The average Bonchev–Trinajstić information content (AvgIpc) is 3.21. The molecule has 6 nitrogen and oxygen atoms in total. The number of hydrazone groups is 1. The molecule has 1 aromatic carbocycles. The number of hydrogen-bond acceptors (Lipinski definition) is 3. The number of halogens is 1. The van der Waals surface area contributed by atoms with Crippen LogP contribution >= 0.6 is 15.9 Å². The van der Waals surface area contributed by atoms with Crippen molar-refractivity contribution in [2.45, 2.75) is 19.8 Å². The van der Waals surface area contributed by atoms with Gasteiger partial charge in [0.2, 0.25) is 5.91 Å². The summed E-state index contributed by atoms with van der Waals surface area (Å²) in [7, 11) is 0. The van der Waals surface area contributed by atoms with Crippen molar-refractivity contribution in [1.82, 2.24) is 10.4 Å². The first-order chi connectivity index (χ1) is 11.5. The molecule has 2 aromatic rings. The van der Waals surface area contributed by atoms with Crippen LogP contribution in [0.15, 0.2) is 46.1 Å². The van der Waals surface area contributed by atoms with Crippen molar-refractivity contribution in [3.8, 4) is 0 Å². The highest BCUT2D eigenvalue weighted by molar-refractivity contribution is 9.10. The molecule has 0 bridgehead atoms. The number of carbonyl (C=O) groups excluding carboxylic acids is 2. The summed E-state index contributed by atoms with van der Waals surface area (Å²) in [6.07, 6.45) is 3.20. The Bertz CT molecular complexity index is 795. The van der Waals surface area contributed by atoms with Crippen LogP contribution in [0.2, 0.25) is 0 Å². The van der Waals surface area contributed by atoms with Crippen LogP contribution < -0.4 is 10.3 Å². The second kappa shape index (κ2) is 7.00. The van der Waals surface area contributed by atoms with Gasteiger partial charge in [-0.25, -0.2) is 5.43 Å². The van der Waals surface area contributed by atoms with Crippen LogP contribution in [-0.4, -0.2) is 29.1 Å². The molecule has 2 amide bonds. The maximum absolute atomic E-state index is 11.9. The number of rotatable bonds is 4. The van der Waals surface area contributed by atoms with Gasteiger partial charge in [-0.05, 0) is 53.0 Å². The molecule has 1 aliphatic rings. The Labute approximate surface area is 148 Å². The zero-order chi connectivity index (χ0) is 17.1. The minimum atomic E-state index is -0.306. The van der Waals surface area contributed by atoms with Crippen molar-refractivity contribution in [3.05, 3.63) is 52.3 Å². The third kappa shape index (κ3) is 3.56. The van der Waals surface area contributed by atoms with E-state index < -0.39 is 0 Å². The molecule has 1 aliphatic heterocycles. The maximum Gasteiger partial charge on any atom is 0.287 e. The average molecular weight is 389 g/mol. The standard InChI is InChI=1S/C17H17BrN4O2/c1-11(20-21-17(24)15-9-13(18)10-19-15)12-4-6-14(7-5-12)22-8-2-3-16(22)23/h4-7,9-10,19H,2-3,8H2,1H3,(H,21,24)/b20-11-. The molecule has 2 heterocycles. The van der Waals surface area contributed by atoms with Crippen molar-refractivity contribution in [1.29, 1.82) is 0 Å². The zero-order valence-electron chi connectivity index (χ0n) is 13.2. The molecule has 7 heteroatoms. The molecule has 0 unspecified atom stereocenters. The lowest BCUT2D eigenvalue weighted by Crippen LogP contribution is -2.23. The van der Waals surface area contributed by atoms with Gasteiger partial charge >= 0.3 is 0 Å². The Morgan fingerprint density at radius 2 is 2.08 bits per heavy atom. The second-order valence-corrected chi connectivity index (χ2v) is 6.48. The molecule has 124 valence electrons. The van der Waals surface area contributed by atoms with Crippen LogP contribution in [0.1, 0.15) is 35.8 Å². The van der Waals surface area contributed by atoms with E-state index in [4.69, 9.17) is 0 Å². The Morgan fingerprint density at radius 3 is 2.67 bits per heavy atom. The number of nitrogens with zero attached hydrogens (tertiary/aromatic N) is 2. The van der Waals surface area contributed by atoms with Gasteiger partial charge in [0, 0.05) is 29.3 Å². The van der Waals surface area contributed by atoms with E-state index in [2.05, 4.69) is 31.4 Å². The fourth-order valence-corrected chi connectivity index (χ4v) is 2.91. The van der Waals surface area contributed by atoms with Gasteiger partial charge < -0.3 is 9.88 Å². The van der Waals surface area contributed by atoms with Crippen LogP contribution in [0, 0.1) is 0 Å². The highest BCUT2D eigenvalue weighted by Crippen LogP contribution is 2.21. The van der Waals surface area contributed by atoms with Gasteiger partial charge in [-0.15, -0.1) is 0 Å². The lowest BCUT2D eigenvalue weighted by atomic mass is 10.1. The first-order valence-electron chi connectivity index (χ1n) is 7.64. The van der Waals surface area contributed by atoms with E-state index >= 15 is 0 Å². The Balaban J connectivity index is 1.67. The summed E-state index contributed by atoms with van der Waals surface area (Å²) >= 11 is 3.28. The van der Waals surface area contributed by atoms with Crippen LogP contribution in [0.3, 0.4) is 0 Å². The molecule has 1 aromatic heterocycles. The van der Waals surface area contributed by atoms with E-state index in [1.165, 1.54) is 0 Å². The number of benzene rings is 1. The van der Waals surface area contributed by atoms with E-state index in [0.717, 1.165) is 28.7 Å². The van der Waals surface area contributed by atoms with Gasteiger partial charge in [0.05, 0.1) is 5.71 Å². The molecule has 0 saturated carbocycles.